The fourth-order valence-corrected chi connectivity index (χ4v) is 4.31. The SMILES string of the molecule is CSc1ccc(C2=CC3(CCN(CC(=O)O)CC3)Oc3ccccc32)cc1. The highest BCUT2D eigenvalue weighted by molar-refractivity contribution is 7.98. The molecule has 5 heteroatoms. The standard InChI is InChI=1S/C22H23NO3S/c1-27-17-8-6-16(7-9-17)19-14-22(26-20-5-3-2-4-18(19)20)10-12-23(13-11-22)15-21(24)25/h2-9,14H,10-13,15H2,1H3,(H,24,25). The summed E-state index contributed by atoms with van der Waals surface area (Å²) in [5.41, 5.74) is 3.15. The Kier molecular flexibility index (Phi) is 4.98. The average molecular weight is 381 g/mol. The van der Waals surface area contributed by atoms with E-state index in [4.69, 9.17) is 9.84 Å². The minimum Gasteiger partial charge on any atom is -0.482 e. The third kappa shape index (κ3) is 3.75. The molecule has 0 bridgehead atoms. The molecule has 2 aromatic rings. The minimum atomic E-state index is -0.772. The molecule has 1 spiro atoms. The lowest BCUT2D eigenvalue weighted by Crippen LogP contribution is -2.49. The molecular formula is C22H23NO3S. The van der Waals surface area contributed by atoms with Gasteiger partial charge in [-0.3, -0.25) is 9.69 Å². The normalized spacial score (nSPS) is 18.5. The van der Waals surface area contributed by atoms with Gasteiger partial charge in [-0.2, -0.15) is 0 Å². The molecule has 140 valence electrons. The third-order valence-electron chi connectivity index (χ3n) is 5.36. The highest BCUT2D eigenvalue weighted by atomic mass is 32.2. The molecule has 1 saturated heterocycles. The van der Waals surface area contributed by atoms with Crippen molar-refractivity contribution in [3.05, 3.63) is 65.7 Å². The van der Waals surface area contributed by atoms with Gasteiger partial charge in [0.25, 0.3) is 0 Å². The molecular weight excluding hydrogens is 358 g/mol. The van der Waals surface area contributed by atoms with E-state index >= 15 is 0 Å². The molecule has 4 nitrogen and oxygen atoms in total. The number of carbonyl (C=O) groups is 1. The fraction of sp³-hybridized carbons (Fsp3) is 0.318. The maximum Gasteiger partial charge on any atom is 0.317 e. The van der Waals surface area contributed by atoms with Crippen LogP contribution in [-0.4, -0.2) is 47.5 Å². The zero-order valence-corrected chi connectivity index (χ0v) is 16.2. The minimum absolute atomic E-state index is 0.0966. The number of fused-ring (bicyclic) bond motifs is 1. The second-order valence-electron chi connectivity index (χ2n) is 7.12. The number of benzene rings is 2. The van der Waals surface area contributed by atoms with E-state index in [9.17, 15) is 4.79 Å². The highest BCUT2D eigenvalue weighted by Gasteiger charge is 2.39. The molecule has 0 saturated carbocycles. The monoisotopic (exact) mass is 381 g/mol. The number of para-hydroxylation sites is 1. The predicted octanol–water partition coefficient (Wildman–Crippen LogP) is 4.15. The van der Waals surface area contributed by atoms with Crippen molar-refractivity contribution in [1.82, 2.24) is 4.90 Å². The Hall–Kier alpha value is -2.24. The zero-order valence-electron chi connectivity index (χ0n) is 15.4. The largest absolute Gasteiger partial charge is 0.482 e. The molecule has 2 heterocycles. The summed E-state index contributed by atoms with van der Waals surface area (Å²) < 4.78 is 6.46. The number of piperidine rings is 1. The first-order chi connectivity index (χ1) is 13.1. The van der Waals surface area contributed by atoms with E-state index in [0.29, 0.717) is 0 Å². The second kappa shape index (κ2) is 7.41. The van der Waals surface area contributed by atoms with Gasteiger partial charge in [0, 0.05) is 36.4 Å². The summed E-state index contributed by atoms with van der Waals surface area (Å²) in [5, 5.41) is 9.04. The van der Waals surface area contributed by atoms with Crippen LogP contribution in [-0.2, 0) is 4.79 Å². The Morgan fingerprint density at radius 3 is 2.52 bits per heavy atom. The molecule has 0 aromatic heterocycles. The van der Waals surface area contributed by atoms with Gasteiger partial charge in [0.15, 0.2) is 0 Å². The smallest absolute Gasteiger partial charge is 0.317 e. The topological polar surface area (TPSA) is 49.8 Å². The van der Waals surface area contributed by atoms with Crippen LogP contribution in [0.3, 0.4) is 0 Å². The van der Waals surface area contributed by atoms with Crippen LogP contribution < -0.4 is 4.74 Å². The number of carboxylic acid groups (broad SMARTS) is 1. The van der Waals surface area contributed by atoms with E-state index in [0.717, 1.165) is 37.2 Å². The van der Waals surface area contributed by atoms with Crippen molar-refractivity contribution in [2.45, 2.75) is 23.3 Å². The van der Waals surface area contributed by atoms with Gasteiger partial charge in [-0.25, -0.2) is 0 Å². The number of rotatable bonds is 4. The van der Waals surface area contributed by atoms with Crippen LogP contribution in [0.4, 0.5) is 0 Å². The van der Waals surface area contributed by atoms with Crippen LogP contribution in [0.25, 0.3) is 5.57 Å². The van der Waals surface area contributed by atoms with Crippen molar-refractivity contribution in [2.75, 3.05) is 25.9 Å². The Bertz CT molecular complexity index is 867. The van der Waals surface area contributed by atoms with E-state index in [1.807, 2.05) is 23.1 Å². The quantitative estimate of drug-likeness (QED) is 0.806. The summed E-state index contributed by atoms with van der Waals surface area (Å²) in [6, 6.07) is 16.8. The highest BCUT2D eigenvalue weighted by Crippen LogP contribution is 2.43. The molecule has 0 atom stereocenters. The molecule has 0 amide bonds. The first-order valence-corrected chi connectivity index (χ1v) is 10.4. The van der Waals surface area contributed by atoms with Gasteiger partial charge in [0.2, 0.25) is 0 Å². The van der Waals surface area contributed by atoms with Crippen LogP contribution >= 0.6 is 11.8 Å². The summed E-state index contributed by atoms with van der Waals surface area (Å²) in [7, 11) is 0. The van der Waals surface area contributed by atoms with Crippen LogP contribution in [0.15, 0.2) is 59.5 Å². The van der Waals surface area contributed by atoms with Gasteiger partial charge in [0.05, 0.1) is 6.54 Å². The van der Waals surface area contributed by atoms with Gasteiger partial charge in [0.1, 0.15) is 11.4 Å². The first-order valence-electron chi connectivity index (χ1n) is 9.18. The Labute approximate surface area is 163 Å². The summed E-state index contributed by atoms with van der Waals surface area (Å²) in [4.78, 5) is 14.2. The Morgan fingerprint density at radius 2 is 1.85 bits per heavy atom. The molecule has 0 aliphatic carbocycles. The lowest BCUT2D eigenvalue weighted by Gasteiger charge is -2.42. The van der Waals surface area contributed by atoms with Gasteiger partial charge >= 0.3 is 5.97 Å². The van der Waals surface area contributed by atoms with Crippen molar-refractivity contribution >= 4 is 23.3 Å². The molecule has 1 N–H and O–H groups in total. The number of nitrogens with zero attached hydrogens (tertiary/aromatic N) is 1. The molecule has 1 fully saturated rings. The summed E-state index contributed by atoms with van der Waals surface area (Å²) in [5.74, 6) is 0.140. The Balaban J connectivity index is 1.68. The first kappa shape index (κ1) is 18.1. The van der Waals surface area contributed by atoms with E-state index in [1.165, 1.54) is 16.0 Å². The molecule has 4 rings (SSSR count). The summed E-state index contributed by atoms with van der Waals surface area (Å²) >= 11 is 1.74. The summed E-state index contributed by atoms with van der Waals surface area (Å²) in [6.07, 6.45) is 5.93. The van der Waals surface area contributed by atoms with Gasteiger partial charge in [-0.05, 0) is 41.7 Å². The van der Waals surface area contributed by atoms with Crippen molar-refractivity contribution in [3.63, 3.8) is 0 Å². The number of ether oxygens (including phenoxy) is 1. The van der Waals surface area contributed by atoms with Crippen LogP contribution in [0.5, 0.6) is 5.75 Å². The van der Waals surface area contributed by atoms with E-state index in [2.05, 4.69) is 42.7 Å². The number of likely N-dealkylation sites (tertiary alicyclic amines) is 1. The average Bonchev–Trinajstić information content (AvgIpc) is 2.69. The van der Waals surface area contributed by atoms with Crippen LogP contribution in [0.1, 0.15) is 24.0 Å². The van der Waals surface area contributed by atoms with Crippen molar-refractivity contribution in [2.24, 2.45) is 0 Å². The van der Waals surface area contributed by atoms with Crippen LogP contribution in [0, 0.1) is 0 Å². The molecule has 2 aliphatic rings. The van der Waals surface area contributed by atoms with Crippen molar-refractivity contribution in [1.29, 1.82) is 0 Å². The van der Waals surface area contributed by atoms with E-state index < -0.39 is 5.97 Å². The second-order valence-corrected chi connectivity index (χ2v) is 8.00. The number of aliphatic carboxylic acids is 1. The molecule has 0 radical (unpaired) electrons. The van der Waals surface area contributed by atoms with Gasteiger partial charge in [-0.15, -0.1) is 11.8 Å². The lowest BCUT2D eigenvalue weighted by molar-refractivity contribution is -0.139. The number of carboxylic acids is 1. The molecule has 27 heavy (non-hydrogen) atoms. The number of thioether (sulfide) groups is 1. The summed E-state index contributed by atoms with van der Waals surface area (Å²) in [6.45, 7) is 1.55. The fourth-order valence-electron chi connectivity index (χ4n) is 3.90. The maximum absolute atomic E-state index is 11.0. The zero-order chi connectivity index (χ0) is 18.9. The molecule has 2 aliphatic heterocycles. The molecule has 0 unspecified atom stereocenters. The van der Waals surface area contributed by atoms with Crippen molar-refractivity contribution in [3.8, 4) is 5.75 Å². The Morgan fingerprint density at radius 1 is 1.15 bits per heavy atom. The van der Waals surface area contributed by atoms with Gasteiger partial charge in [-0.1, -0.05) is 30.3 Å². The number of hydrogen-bond acceptors (Lipinski definition) is 4. The molecule has 2 aromatic carbocycles. The number of hydrogen-bond donors (Lipinski definition) is 1. The van der Waals surface area contributed by atoms with Crippen LogP contribution in [0.2, 0.25) is 0 Å². The third-order valence-corrected chi connectivity index (χ3v) is 6.10. The van der Waals surface area contributed by atoms with Gasteiger partial charge < -0.3 is 9.84 Å². The maximum atomic E-state index is 11.0. The predicted molar refractivity (Wildman–Crippen MR) is 108 cm³/mol. The lowest BCUT2D eigenvalue weighted by atomic mass is 9.83. The van der Waals surface area contributed by atoms with Crippen molar-refractivity contribution < 1.29 is 14.6 Å². The van der Waals surface area contributed by atoms with E-state index in [-0.39, 0.29) is 12.1 Å². The van der Waals surface area contributed by atoms with E-state index in [1.54, 1.807) is 11.8 Å².